The Labute approximate surface area is 113 Å². The van der Waals surface area contributed by atoms with Crippen molar-refractivity contribution < 1.29 is 0 Å². The molecule has 106 valence electrons. The molecule has 1 heterocycles. The second-order valence-corrected chi connectivity index (χ2v) is 7.24. The number of nitrogens with zero attached hydrogens (tertiary/aromatic N) is 3. The molecule has 0 bridgehead atoms. The lowest BCUT2D eigenvalue weighted by Gasteiger charge is -2.39. The average molecular weight is 253 g/mol. The summed E-state index contributed by atoms with van der Waals surface area (Å²) in [5, 5.41) is 0. The summed E-state index contributed by atoms with van der Waals surface area (Å²) in [6, 6.07) is 1.63. The van der Waals surface area contributed by atoms with E-state index in [0.29, 0.717) is 5.54 Å². The summed E-state index contributed by atoms with van der Waals surface area (Å²) in [7, 11) is 4.54. The molecule has 0 amide bonds. The van der Waals surface area contributed by atoms with Crippen LogP contribution in [0.1, 0.15) is 40.0 Å². The SMILES string of the molecule is CN1CCN([C@H]2CC[C@@H](N(C)C(C)(C)C)C2)CC1. The van der Waals surface area contributed by atoms with E-state index in [-0.39, 0.29) is 0 Å². The van der Waals surface area contributed by atoms with Gasteiger partial charge < -0.3 is 4.90 Å². The zero-order valence-electron chi connectivity index (χ0n) is 12.9. The van der Waals surface area contributed by atoms with Gasteiger partial charge in [-0.25, -0.2) is 0 Å². The van der Waals surface area contributed by atoms with E-state index in [0.717, 1.165) is 12.1 Å². The fraction of sp³-hybridized carbons (Fsp3) is 1.00. The summed E-state index contributed by atoms with van der Waals surface area (Å²) in [6.45, 7) is 12.0. The molecule has 3 heteroatoms. The molecule has 2 atom stereocenters. The van der Waals surface area contributed by atoms with Crippen LogP contribution in [0.3, 0.4) is 0 Å². The van der Waals surface area contributed by atoms with Crippen molar-refractivity contribution in [3.63, 3.8) is 0 Å². The predicted molar refractivity (Wildman–Crippen MR) is 78.0 cm³/mol. The molecule has 0 aromatic rings. The van der Waals surface area contributed by atoms with Gasteiger partial charge in [0.15, 0.2) is 0 Å². The first-order chi connectivity index (χ1) is 8.38. The maximum atomic E-state index is 2.73. The standard InChI is InChI=1S/C15H31N3/c1-15(2,3)17(5)13-6-7-14(12-13)18-10-8-16(4)9-11-18/h13-14H,6-12H2,1-5H3/t13-,14+/m1/s1. The van der Waals surface area contributed by atoms with Gasteiger partial charge in [0.1, 0.15) is 0 Å². The van der Waals surface area contributed by atoms with Gasteiger partial charge in [-0.1, -0.05) is 0 Å². The van der Waals surface area contributed by atoms with Crippen LogP contribution in [0.25, 0.3) is 0 Å². The molecule has 18 heavy (non-hydrogen) atoms. The molecule has 3 nitrogen and oxygen atoms in total. The van der Waals surface area contributed by atoms with E-state index < -0.39 is 0 Å². The Morgan fingerprint density at radius 3 is 2.17 bits per heavy atom. The highest BCUT2D eigenvalue weighted by Crippen LogP contribution is 2.31. The minimum atomic E-state index is 0.307. The molecule has 0 unspecified atom stereocenters. The molecule has 0 aromatic heterocycles. The van der Waals surface area contributed by atoms with Gasteiger partial charge in [-0.15, -0.1) is 0 Å². The molecule has 2 fully saturated rings. The summed E-state index contributed by atoms with van der Waals surface area (Å²) in [4.78, 5) is 7.77. The van der Waals surface area contributed by atoms with Gasteiger partial charge in [-0.3, -0.25) is 9.80 Å². The van der Waals surface area contributed by atoms with Crippen LogP contribution in [0.2, 0.25) is 0 Å². The molecular formula is C15H31N3. The first-order valence-corrected chi connectivity index (χ1v) is 7.53. The summed E-state index contributed by atoms with van der Waals surface area (Å²) in [5.41, 5.74) is 0.307. The van der Waals surface area contributed by atoms with Gasteiger partial charge in [0.05, 0.1) is 0 Å². The third-order valence-electron chi connectivity index (χ3n) is 5.04. The Balaban J connectivity index is 1.85. The Morgan fingerprint density at radius 1 is 1.00 bits per heavy atom. The zero-order valence-corrected chi connectivity index (χ0v) is 12.9. The van der Waals surface area contributed by atoms with Gasteiger partial charge in [-0.2, -0.15) is 0 Å². The van der Waals surface area contributed by atoms with Crippen molar-refractivity contribution in [1.82, 2.24) is 14.7 Å². The van der Waals surface area contributed by atoms with E-state index in [1.165, 1.54) is 45.4 Å². The molecule has 2 rings (SSSR count). The summed E-state index contributed by atoms with van der Waals surface area (Å²) >= 11 is 0. The second-order valence-electron chi connectivity index (χ2n) is 7.24. The minimum Gasteiger partial charge on any atom is -0.304 e. The maximum absolute atomic E-state index is 2.73. The fourth-order valence-corrected chi connectivity index (χ4v) is 3.35. The fourth-order valence-electron chi connectivity index (χ4n) is 3.35. The molecule has 0 N–H and O–H groups in total. The van der Waals surface area contributed by atoms with Gasteiger partial charge >= 0.3 is 0 Å². The van der Waals surface area contributed by atoms with Crippen molar-refractivity contribution in [2.24, 2.45) is 0 Å². The Hall–Kier alpha value is -0.120. The largest absolute Gasteiger partial charge is 0.304 e. The van der Waals surface area contributed by atoms with Gasteiger partial charge in [0, 0.05) is 43.8 Å². The molecule has 0 aromatic carbocycles. The van der Waals surface area contributed by atoms with E-state index in [1.54, 1.807) is 0 Å². The van der Waals surface area contributed by atoms with Crippen LogP contribution in [0.5, 0.6) is 0 Å². The van der Waals surface area contributed by atoms with Crippen molar-refractivity contribution in [3.8, 4) is 0 Å². The zero-order chi connectivity index (χ0) is 13.3. The quantitative estimate of drug-likeness (QED) is 0.744. The number of rotatable bonds is 2. The Bertz CT molecular complexity index is 263. The van der Waals surface area contributed by atoms with Crippen molar-refractivity contribution in [2.75, 3.05) is 40.3 Å². The molecule has 1 saturated carbocycles. The molecule has 2 aliphatic rings. The van der Waals surface area contributed by atoms with Crippen LogP contribution in [-0.2, 0) is 0 Å². The van der Waals surface area contributed by atoms with E-state index in [9.17, 15) is 0 Å². The minimum absolute atomic E-state index is 0.307. The third-order valence-corrected chi connectivity index (χ3v) is 5.04. The van der Waals surface area contributed by atoms with Crippen LogP contribution in [0.4, 0.5) is 0 Å². The highest BCUT2D eigenvalue weighted by Gasteiger charge is 2.35. The van der Waals surface area contributed by atoms with E-state index in [4.69, 9.17) is 0 Å². The van der Waals surface area contributed by atoms with E-state index >= 15 is 0 Å². The molecular weight excluding hydrogens is 222 g/mol. The van der Waals surface area contributed by atoms with Crippen LogP contribution >= 0.6 is 0 Å². The van der Waals surface area contributed by atoms with Crippen LogP contribution in [-0.4, -0.2) is 72.6 Å². The second kappa shape index (κ2) is 5.48. The van der Waals surface area contributed by atoms with Crippen LogP contribution in [0.15, 0.2) is 0 Å². The maximum Gasteiger partial charge on any atom is 0.0124 e. The van der Waals surface area contributed by atoms with E-state index in [2.05, 4.69) is 49.6 Å². The predicted octanol–water partition coefficient (Wildman–Crippen LogP) is 1.89. The monoisotopic (exact) mass is 253 g/mol. The van der Waals surface area contributed by atoms with Crippen molar-refractivity contribution in [2.45, 2.75) is 57.7 Å². The molecule has 1 aliphatic carbocycles. The van der Waals surface area contributed by atoms with Crippen molar-refractivity contribution in [1.29, 1.82) is 0 Å². The highest BCUT2D eigenvalue weighted by molar-refractivity contribution is 4.92. The first-order valence-electron chi connectivity index (χ1n) is 7.53. The van der Waals surface area contributed by atoms with Crippen molar-refractivity contribution >= 4 is 0 Å². The number of hydrogen-bond donors (Lipinski definition) is 0. The van der Waals surface area contributed by atoms with Crippen LogP contribution in [0, 0.1) is 0 Å². The topological polar surface area (TPSA) is 9.72 Å². The first kappa shape index (κ1) is 14.3. The number of hydrogen-bond acceptors (Lipinski definition) is 3. The summed E-state index contributed by atoms with van der Waals surface area (Å²) in [5.74, 6) is 0. The average Bonchev–Trinajstić information content (AvgIpc) is 2.77. The summed E-state index contributed by atoms with van der Waals surface area (Å²) in [6.07, 6.45) is 4.15. The molecule has 0 spiro atoms. The van der Waals surface area contributed by atoms with Gasteiger partial charge in [0.25, 0.3) is 0 Å². The Kier molecular flexibility index (Phi) is 4.35. The summed E-state index contributed by atoms with van der Waals surface area (Å²) < 4.78 is 0. The lowest BCUT2D eigenvalue weighted by molar-refractivity contribution is 0.0914. The van der Waals surface area contributed by atoms with Crippen LogP contribution < -0.4 is 0 Å². The molecule has 1 aliphatic heterocycles. The van der Waals surface area contributed by atoms with Gasteiger partial charge in [-0.05, 0) is 54.1 Å². The van der Waals surface area contributed by atoms with Crippen molar-refractivity contribution in [3.05, 3.63) is 0 Å². The van der Waals surface area contributed by atoms with Gasteiger partial charge in [0.2, 0.25) is 0 Å². The lowest BCUT2D eigenvalue weighted by atomic mass is 10.0. The third kappa shape index (κ3) is 3.25. The highest BCUT2D eigenvalue weighted by atomic mass is 15.3. The smallest absolute Gasteiger partial charge is 0.0124 e. The van der Waals surface area contributed by atoms with E-state index in [1.807, 2.05) is 0 Å². The number of likely N-dealkylation sites (N-methyl/N-ethyl adjacent to an activating group) is 1. The normalized spacial score (nSPS) is 32.3. The Morgan fingerprint density at radius 2 is 1.61 bits per heavy atom. The number of piperazine rings is 1. The molecule has 0 radical (unpaired) electrons. The molecule has 1 saturated heterocycles. The lowest BCUT2D eigenvalue weighted by Crippen LogP contribution is -2.49.